The standard InChI is InChI=1S/C8H7F3N2O/c1-4(14)7-6(8(9,10)11)3-12-5(2)13-7/h3,14H,1H2,2H3. The van der Waals surface area contributed by atoms with Gasteiger partial charge in [0.05, 0.1) is 0 Å². The molecule has 0 spiro atoms. The van der Waals surface area contributed by atoms with Crippen LogP contribution >= 0.6 is 0 Å². The highest BCUT2D eigenvalue weighted by Gasteiger charge is 2.35. The van der Waals surface area contributed by atoms with Crippen LogP contribution in [0.4, 0.5) is 13.2 Å². The van der Waals surface area contributed by atoms with Crippen molar-refractivity contribution in [1.29, 1.82) is 0 Å². The lowest BCUT2D eigenvalue weighted by Crippen LogP contribution is -2.12. The molecule has 1 aromatic rings. The first-order chi connectivity index (χ1) is 6.32. The van der Waals surface area contributed by atoms with Crippen LogP contribution in [-0.4, -0.2) is 15.1 Å². The largest absolute Gasteiger partial charge is 0.506 e. The number of halogens is 3. The van der Waals surface area contributed by atoms with Crippen molar-refractivity contribution in [1.82, 2.24) is 9.97 Å². The van der Waals surface area contributed by atoms with Crippen LogP contribution in [0, 0.1) is 6.92 Å². The molecule has 0 aromatic carbocycles. The zero-order valence-electron chi connectivity index (χ0n) is 7.26. The minimum absolute atomic E-state index is 0.142. The van der Waals surface area contributed by atoms with E-state index in [0.717, 1.165) is 0 Å². The lowest BCUT2D eigenvalue weighted by Gasteiger charge is -2.10. The Kier molecular flexibility index (Phi) is 2.46. The number of hydrogen-bond donors (Lipinski definition) is 1. The van der Waals surface area contributed by atoms with E-state index >= 15 is 0 Å². The Morgan fingerprint density at radius 3 is 2.50 bits per heavy atom. The van der Waals surface area contributed by atoms with Crippen molar-refractivity contribution in [3.63, 3.8) is 0 Å². The van der Waals surface area contributed by atoms with Crippen LogP contribution in [0.5, 0.6) is 0 Å². The van der Waals surface area contributed by atoms with Gasteiger partial charge in [-0.1, -0.05) is 6.58 Å². The molecule has 0 saturated heterocycles. The quantitative estimate of drug-likeness (QED) is 0.714. The third-order valence-corrected chi connectivity index (χ3v) is 1.49. The van der Waals surface area contributed by atoms with Crippen LogP contribution in [0.15, 0.2) is 12.8 Å². The predicted octanol–water partition coefficient (Wildman–Crippen LogP) is 2.33. The minimum Gasteiger partial charge on any atom is -0.506 e. The summed E-state index contributed by atoms with van der Waals surface area (Å²) in [7, 11) is 0. The molecule has 1 heterocycles. The predicted molar refractivity (Wildman–Crippen MR) is 43.4 cm³/mol. The van der Waals surface area contributed by atoms with Gasteiger partial charge in [0.15, 0.2) is 0 Å². The first-order valence-corrected chi connectivity index (χ1v) is 3.61. The van der Waals surface area contributed by atoms with Gasteiger partial charge in [0.25, 0.3) is 0 Å². The smallest absolute Gasteiger partial charge is 0.420 e. The fraction of sp³-hybridized carbons (Fsp3) is 0.250. The Bertz CT molecular complexity index is 373. The maximum absolute atomic E-state index is 12.3. The maximum atomic E-state index is 12.3. The summed E-state index contributed by atoms with van der Waals surface area (Å²) in [4.78, 5) is 6.86. The molecule has 76 valence electrons. The third-order valence-electron chi connectivity index (χ3n) is 1.49. The number of nitrogens with zero attached hydrogens (tertiary/aromatic N) is 2. The fourth-order valence-electron chi connectivity index (χ4n) is 0.897. The van der Waals surface area contributed by atoms with Gasteiger partial charge in [-0.25, -0.2) is 9.97 Å². The Balaban J connectivity index is 3.37. The number of rotatable bonds is 1. The number of aromatic nitrogens is 2. The monoisotopic (exact) mass is 204 g/mol. The van der Waals surface area contributed by atoms with Crippen LogP contribution in [0.25, 0.3) is 5.76 Å². The molecular weight excluding hydrogens is 197 g/mol. The second-order valence-corrected chi connectivity index (χ2v) is 2.62. The summed E-state index contributed by atoms with van der Waals surface area (Å²) in [6.07, 6.45) is -3.96. The van der Waals surface area contributed by atoms with Crippen molar-refractivity contribution in [2.24, 2.45) is 0 Å². The Morgan fingerprint density at radius 2 is 2.07 bits per heavy atom. The molecule has 0 bridgehead atoms. The zero-order valence-corrected chi connectivity index (χ0v) is 7.26. The van der Waals surface area contributed by atoms with E-state index in [0.29, 0.717) is 6.20 Å². The number of hydrogen-bond acceptors (Lipinski definition) is 3. The normalized spacial score (nSPS) is 11.4. The van der Waals surface area contributed by atoms with E-state index in [1.807, 2.05) is 0 Å². The highest BCUT2D eigenvalue weighted by atomic mass is 19.4. The Labute approximate surface area is 77.9 Å². The van der Waals surface area contributed by atoms with Gasteiger partial charge in [-0.15, -0.1) is 0 Å². The van der Waals surface area contributed by atoms with Gasteiger partial charge in [0.2, 0.25) is 0 Å². The summed E-state index contributed by atoms with van der Waals surface area (Å²) >= 11 is 0. The first-order valence-electron chi connectivity index (χ1n) is 3.61. The van der Waals surface area contributed by atoms with Gasteiger partial charge in [-0.05, 0) is 6.92 Å². The summed E-state index contributed by atoms with van der Waals surface area (Å²) in [5.41, 5.74) is -1.67. The number of aryl methyl sites for hydroxylation is 1. The summed E-state index contributed by atoms with van der Waals surface area (Å²) in [6, 6.07) is 0. The zero-order chi connectivity index (χ0) is 10.9. The molecule has 0 radical (unpaired) electrons. The van der Waals surface area contributed by atoms with Gasteiger partial charge < -0.3 is 5.11 Å². The SMILES string of the molecule is C=C(O)c1nc(C)ncc1C(F)(F)F. The molecule has 6 heteroatoms. The van der Waals surface area contributed by atoms with Gasteiger partial charge in [0.1, 0.15) is 22.8 Å². The Hall–Kier alpha value is -1.59. The Morgan fingerprint density at radius 1 is 1.50 bits per heavy atom. The van der Waals surface area contributed by atoms with Crippen molar-refractivity contribution >= 4 is 5.76 Å². The fourth-order valence-corrected chi connectivity index (χ4v) is 0.897. The van der Waals surface area contributed by atoms with E-state index in [1.54, 1.807) is 0 Å². The first kappa shape index (κ1) is 10.5. The van der Waals surface area contributed by atoms with Gasteiger partial charge >= 0.3 is 6.18 Å². The number of alkyl halides is 3. The molecule has 0 aliphatic rings. The van der Waals surface area contributed by atoms with Crippen molar-refractivity contribution in [2.45, 2.75) is 13.1 Å². The van der Waals surface area contributed by atoms with E-state index < -0.39 is 23.2 Å². The van der Waals surface area contributed by atoms with Crippen LogP contribution in [0.3, 0.4) is 0 Å². The molecule has 14 heavy (non-hydrogen) atoms. The second-order valence-electron chi connectivity index (χ2n) is 2.62. The van der Waals surface area contributed by atoms with Crippen molar-refractivity contribution in [3.8, 4) is 0 Å². The molecule has 1 rings (SSSR count). The van der Waals surface area contributed by atoms with Crippen molar-refractivity contribution in [2.75, 3.05) is 0 Å². The van der Waals surface area contributed by atoms with Crippen molar-refractivity contribution in [3.05, 3.63) is 29.9 Å². The van der Waals surface area contributed by atoms with Crippen LogP contribution < -0.4 is 0 Å². The number of aliphatic hydroxyl groups is 1. The minimum atomic E-state index is -4.59. The van der Waals surface area contributed by atoms with Gasteiger partial charge in [-0.2, -0.15) is 13.2 Å². The van der Waals surface area contributed by atoms with Gasteiger partial charge in [-0.3, -0.25) is 0 Å². The molecule has 1 N–H and O–H groups in total. The van der Waals surface area contributed by atoms with Gasteiger partial charge in [0, 0.05) is 6.20 Å². The van der Waals surface area contributed by atoms with Crippen molar-refractivity contribution < 1.29 is 18.3 Å². The lowest BCUT2D eigenvalue weighted by atomic mass is 10.2. The van der Waals surface area contributed by atoms with E-state index in [9.17, 15) is 13.2 Å². The molecule has 0 unspecified atom stereocenters. The summed E-state index contributed by atoms with van der Waals surface area (Å²) in [5.74, 6) is -0.578. The summed E-state index contributed by atoms with van der Waals surface area (Å²) in [6.45, 7) is 4.43. The molecule has 0 aliphatic carbocycles. The van der Waals surface area contributed by atoms with E-state index in [-0.39, 0.29) is 5.82 Å². The second kappa shape index (κ2) is 3.28. The maximum Gasteiger partial charge on any atom is 0.420 e. The molecule has 0 aliphatic heterocycles. The van der Waals surface area contributed by atoms with Crippen LogP contribution in [0.1, 0.15) is 17.1 Å². The highest BCUT2D eigenvalue weighted by molar-refractivity contribution is 5.55. The van der Waals surface area contributed by atoms with Crippen LogP contribution in [-0.2, 0) is 6.18 Å². The molecular formula is C8H7F3N2O. The third kappa shape index (κ3) is 2.01. The van der Waals surface area contributed by atoms with Crippen LogP contribution in [0.2, 0.25) is 0 Å². The average molecular weight is 204 g/mol. The highest BCUT2D eigenvalue weighted by Crippen LogP contribution is 2.32. The summed E-state index contributed by atoms with van der Waals surface area (Å²) in [5, 5.41) is 8.91. The topological polar surface area (TPSA) is 46.0 Å². The molecule has 3 nitrogen and oxygen atoms in total. The van der Waals surface area contributed by atoms with E-state index in [2.05, 4.69) is 16.5 Å². The molecule has 1 aromatic heterocycles. The number of aliphatic hydroxyl groups excluding tert-OH is 1. The lowest BCUT2D eigenvalue weighted by molar-refractivity contribution is -0.138. The molecule has 0 saturated carbocycles. The molecule has 0 atom stereocenters. The summed E-state index contributed by atoms with van der Waals surface area (Å²) < 4.78 is 36.9. The molecule has 0 amide bonds. The van der Waals surface area contributed by atoms with E-state index in [4.69, 9.17) is 5.11 Å². The van der Waals surface area contributed by atoms with E-state index in [1.165, 1.54) is 6.92 Å². The average Bonchev–Trinajstić information content (AvgIpc) is 2.01. The molecule has 0 fully saturated rings.